The molecule has 21 heavy (non-hydrogen) atoms. The van der Waals surface area contributed by atoms with Crippen molar-refractivity contribution in [2.75, 3.05) is 7.11 Å². The number of ether oxygens (including phenoxy) is 1. The van der Waals surface area contributed by atoms with Gasteiger partial charge in [0.05, 0.1) is 19.1 Å². The summed E-state index contributed by atoms with van der Waals surface area (Å²) in [7, 11) is 1.36. The number of carboxylic acids is 1. The minimum atomic E-state index is -1.05. The molecule has 0 spiro atoms. The van der Waals surface area contributed by atoms with Crippen molar-refractivity contribution in [1.29, 1.82) is 0 Å². The second-order valence-electron chi connectivity index (χ2n) is 5.38. The predicted molar refractivity (Wildman–Crippen MR) is 73.4 cm³/mol. The minimum Gasteiger partial charge on any atom is -0.494 e. The normalized spacial score (nSPS) is 22.0. The second-order valence-corrected chi connectivity index (χ2v) is 5.38. The SMILES string of the molecule is COc1ccc(C2C(C(=O)O)CC(=O)N2C(C)C)cc1F. The van der Waals surface area contributed by atoms with Crippen molar-refractivity contribution >= 4 is 11.9 Å². The van der Waals surface area contributed by atoms with E-state index < -0.39 is 23.7 Å². The van der Waals surface area contributed by atoms with Crippen molar-refractivity contribution in [2.24, 2.45) is 5.92 Å². The third kappa shape index (κ3) is 2.70. The van der Waals surface area contributed by atoms with Crippen LogP contribution in [0.15, 0.2) is 18.2 Å². The molecule has 1 aliphatic heterocycles. The molecule has 0 bridgehead atoms. The maximum Gasteiger partial charge on any atom is 0.309 e. The molecule has 1 aromatic rings. The van der Waals surface area contributed by atoms with Gasteiger partial charge >= 0.3 is 5.97 Å². The van der Waals surface area contributed by atoms with Crippen LogP contribution in [0.5, 0.6) is 5.75 Å². The first-order chi connectivity index (χ1) is 9.86. The summed E-state index contributed by atoms with van der Waals surface area (Å²) < 4.78 is 18.7. The van der Waals surface area contributed by atoms with Crippen LogP contribution in [-0.4, -0.2) is 35.0 Å². The van der Waals surface area contributed by atoms with E-state index in [4.69, 9.17) is 4.74 Å². The second kappa shape index (κ2) is 5.71. The summed E-state index contributed by atoms with van der Waals surface area (Å²) in [6, 6.07) is 3.49. The van der Waals surface area contributed by atoms with Gasteiger partial charge in [-0.05, 0) is 31.5 Å². The van der Waals surface area contributed by atoms with Crippen molar-refractivity contribution in [3.8, 4) is 5.75 Å². The number of hydrogen-bond acceptors (Lipinski definition) is 3. The van der Waals surface area contributed by atoms with Crippen LogP contribution in [0, 0.1) is 11.7 Å². The van der Waals surface area contributed by atoms with Crippen LogP contribution < -0.4 is 4.74 Å². The smallest absolute Gasteiger partial charge is 0.309 e. The van der Waals surface area contributed by atoms with Gasteiger partial charge in [0.25, 0.3) is 0 Å². The fourth-order valence-electron chi connectivity index (χ4n) is 2.85. The van der Waals surface area contributed by atoms with Gasteiger partial charge in [-0.3, -0.25) is 9.59 Å². The Hall–Kier alpha value is -2.11. The fourth-order valence-corrected chi connectivity index (χ4v) is 2.85. The zero-order chi connectivity index (χ0) is 15.7. The van der Waals surface area contributed by atoms with Crippen LogP contribution in [0.1, 0.15) is 31.9 Å². The summed E-state index contributed by atoms with van der Waals surface area (Å²) in [5.74, 6) is -2.62. The molecule has 1 aromatic carbocycles. The molecule has 1 amide bonds. The lowest BCUT2D eigenvalue weighted by molar-refractivity contribution is -0.142. The van der Waals surface area contributed by atoms with Gasteiger partial charge in [-0.25, -0.2) is 4.39 Å². The summed E-state index contributed by atoms with van der Waals surface area (Å²) in [6.45, 7) is 3.63. The zero-order valence-electron chi connectivity index (χ0n) is 12.2. The van der Waals surface area contributed by atoms with Gasteiger partial charge in [-0.1, -0.05) is 6.07 Å². The number of nitrogens with zero attached hydrogens (tertiary/aromatic N) is 1. The van der Waals surface area contributed by atoms with Crippen molar-refractivity contribution < 1.29 is 23.8 Å². The van der Waals surface area contributed by atoms with E-state index in [1.54, 1.807) is 6.07 Å². The number of aliphatic carboxylic acids is 1. The van der Waals surface area contributed by atoms with E-state index >= 15 is 0 Å². The first-order valence-electron chi connectivity index (χ1n) is 6.74. The van der Waals surface area contributed by atoms with E-state index in [0.29, 0.717) is 5.56 Å². The number of amides is 1. The molecule has 1 aliphatic rings. The summed E-state index contributed by atoms with van der Waals surface area (Å²) in [5, 5.41) is 9.34. The van der Waals surface area contributed by atoms with E-state index in [1.165, 1.54) is 24.1 Å². The third-order valence-corrected chi connectivity index (χ3v) is 3.75. The quantitative estimate of drug-likeness (QED) is 0.925. The molecular weight excluding hydrogens is 277 g/mol. The average Bonchev–Trinajstić information content (AvgIpc) is 2.76. The van der Waals surface area contributed by atoms with Gasteiger partial charge in [0.2, 0.25) is 5.91 Å². The van der Waals surface area contributed by atoms with Crippen molar-refractivity contribution in [2.45, 2.75) is 32.4 Å². The maximum atomic E-state index is 13.9. The van der Waals surface area contributed by atoms with E-state index in [-0.39, 0.29) is 24.1 Å². The molecule has 0 aliphatic carbocycles. The topological polar surface area (TPSA) is 66.8 Å². The highest BCUT2D eigenvalue weighted by molar-refractivity contribution is 5.87. The standard InChI is InChI=1S/C15H18FNO4/c1-8(2)17-13(18)7-10(15(19)20)14(17)9-4-5-12(21-3)11(16)6-9/h4-6,8,10,14H,7H2,1-3H3,(H,19,20). The lowest BCUT2D eigenvalue weighted by Gasteiger charge is -2.30. The summed E-state index contributed by atoms with van der Waals surface area (Å²) >= 11 is 0. The highest BCUT2D eigenvalue weighted by atomic mass is 19.1. The summed E-state index contributed by atoms with van der Waals surface area (Å²) in [6.07, 6.45) is -0.0637. The molecular formula is C15H18FNO4. The first kappa shape index (κ1) is 15.3. The highest BCUT2D eigenvalue weighted by Crippen LogP contribution is 2.40. The number of likely N-dealkylation sites (tertiary alicyclic amines) is 1. The Bertz CT molecular complexity index is 573. The number of methoxy groups -OCH3 is 1. The molecule has 1 fully saturated rings. The Morgan fingerprint density at radius 1 is 1.48 bits per heavy atom. The Balaban J connectivity index is 2.47. The molecule has 0 aromatic heterocycles. The van der Waals surface area contributed by atoms with E-state index in [9.17, 15) is 19.1 Å². The van der Waals surface area contributed by atoms with Gasteiger partial charge in [0.15, 0.2) is 11.6 Å². The number of benzene rings is 1. The van der Waals surface area contributed by atoms with Gasteiger partial charge < -0.3 is 14.7 Å². The maximum absolute atomic E-state index is 13.9. The molecule has 0 radical (unpaired) electrons. The van der Waals surface area contributed by atoms with Gasteiger partial charge in [-0.15, -0.1) is 0 Å². The van der Waals surface area contributed by atoms with Crippen LogP contribution in [0.3, 0.4) is 0 Å². The minimum absolute atomic E-state index is 0.0637. The molecule has 1 N–H and O–H groups in total. The lowest BCUT2D eigenvalue weighted by Crippen LogP contribution is -2.36. The number of hydrogen-bond donors (Lipinski definition) is 1. The molecule has 114 valence electrons. The monoisotopic (exact) mass is 295 g/mol. The number of halogens is 1. The van der Waals surface area contributed by atoms with Gasteiger partial charge in [-0.2, -0.15) is 0 Å². The van der Waals surface area contributed by atoms with E-state index in [0.717, 1.165) is 0 Å². The van der Waals surface area contributed by atoms with Crippen LogP contribution in [0.25, 0.3) is 0 Å². The number of carboxylic acid groups (broad SMARTS) is 1. The Morgan fingerprint density at radius 3 is 2.62 bits per heavy atom. The fraction of sp³-hybridized carbons (Fsp3) is 0.467. The molecule has 2 unspecified atom stereocenters. The van der Waals surface area contributed by atoms with Crippen molar-refractivity contribution in [1.82, 2.24) is 4.90 Å². The molecule has 2 rings (SSSR count). The van der Waals surface area contributed by atoms with Crippen LogP contribution in [-0.2, 0) is 9.59 Å². The molecule has 6 heteroatoms. The third-order valence-electron chi connectivity index (χ3n) is 3.75. The molecule has 5 nitrogen and oxygen atoms in total. The van der Waals surface area contributed by atoms with Crippen molar-refractivity contribution in [3.05, 3.63) is 29.6 Å². The number of carbonyl (C=O) groups excluding carboxylic acids is 1. The Kier molecular flexibility index (Phi) is 4.16. The first-order valence-corrected chi connectivity index (χ1v) is 6.74. The molecule has 1 saturated heterocycles. The zero-order valence-corrected chi connectivity index (χ0v) is 12.2. The highest BCUT2D eigenvalue weighted by Gasteiger charge is 2.45. The van der Waals surface area contributed by atoms with Gasteiger partial charge in [0.1, 0.15) is 0 Å². The van der Waals surface area contributed by atoms with Gasteiger partial charge in [0, 0.05) is 12.5 Å². The summed E-state index contributed by atoms with van der Waals surface area (Å²) in [5.41, 5.74) is 0.472. The predicted octanol–water partition coefficient (Wildman–Crippen LogP) is 2.22. The molecule has 1 heterocycles. The number of carbonyl (C=O) groups is 2. The molecule has 0 saturated carbocycles. The van der Waals surface area contributed by atoms with Crippen molar-refractivity contribution in [3.63, 3.8) is 0 Å². The van der Waals surface area contributed by atoms with Crippen LogP contribution in [0.4, 0.5) is 4.39 Å². The lowest BCUT2D eigenvalue weighted by atomic mass is 9.93. The number of rotatable bonds is 4. The summed E-state index contributed by atoms with van der Waals surface area (Å²) in [4.78, 5) is 25.0. The average molecular weight is 295 g/mol. The van der Waals surface area contributed by atoms with E-state index in [2.05, 4.69) is 0 Å². The molecule has 2 atom stereocenters. The largest absolute Gasteiger partial charge is 0.494 e. The van der Waals surface area contributed by atoms with Crippen LogP contribution >= 0.6 is 0 Å². The van der Waals surface area contributed by atoms with E-state index in [1.807, 2.05) is 13.8 Å². The Morgan fingerprint density at radius 2 is 2.14 bits per heavy atom. The Labute approximate surface area is 122 Å². The van der Waals surface area contributed by atoms with Crippen LogP contribution in [0.2, 0.25) is 0 Å².